The van der Waals surface area contributed by atoms with Crippen molar-refractivity contribution >= 4 is 0 Å². The molecule has 0 unspecified atom stereocenters. The van der Waals surface area contributed by atoms with E-state index in [0.29, 0.717) is 29.1 Å². The molecule has 2 aromatic rings. The third-order valence-corrected chi connectivity index (χ3v) is 6.09. The van der Waals surface area contributed by atoms with Crippen LogP contribution in [0.15, 0.2) is 24.8 Å². The summed E-state index contributed by atoms with van der Waals surface area (Å²) in [6, 6.07) is 4.04. The number of nitrogens with zero attached hydrogens (tertiary/aromatic N) is 4. The van der Waals surface area contributed by atoms with Gasteiger partial charge in [0.15, 0.2) is 11.5 Å². The Balaban J connectivity index is 1.47. The van der Waals surface area contributed by atoms with Crippen LogP contribution in [0.3, 0.4) is 0 Å². The van der Waals surface area contributed by atoms with Crippen molar-refractivity contribution in [3.05, 3.63) is 30.4 Å². The largest absolute Gasteiger partial charge is 0.493 e. The smallest absolute Gasteiger partial charge is 0.203 e. The maximum atomic E-state index is 10.6. The molecule has 2 aliphatic rings. The molecule has 152 valence electrons. The Morgan fingerprint density at radius 2 is 1.71 bits per heavy atom. The molecule has 8 nitrogen and oxygen atoms in total. The van der Waals surface area contributed by atoms with Crippen LogP contribution in [0.1, 0.15) is 24.4 Å². The molecule has 0 radical (unpaired) electrons. The molecular weight excluding hydrogens is 360 g/mol. The zero-order valence-corrected chi connectivity index (χ0v) is 16.6. The summed E-state index contributed by atoms with van der Waals surface area (Å²) in [4.78, 5) is 6.48. The van der Waals surface area contributed by atoms with E-state index in [0.717, 1.165) is 38.0 Å². The summed E-state index contributed by atoms with van der Waals surface area (Å²) in [7, 11) is 4.89. The fraction of sp³-hybridized carbons (Fsp3) is 0.600. The number of fused-ring (bicyclic) bond motifs is 1. The maximum absolute atomic E-state index is 10.6. The molecule has 28 heavy (non-hydrogen) atoms. The van der Waals surface area contributed by atoms with Crippen molar-refractivity contribution in [1.82, 2.24) is 19.7 Å². The number of aliphatic hydroxyl groups is 1. The van der Waals surface area contributed by atoms with E-state index in [2.05, 4.69) is 15.0 Å². The molecule has 2 fully saturated rings. The van der Waals surface area contributed by atoms with Gasteiger partial charge in [-0.2, -0.15) is 5.10 Å². The minimum absolute atomic E-state index is 0.0184. The van der Waals surface area contributed by atoms with E-state index in [-0.39, 0.29) is 12.1 Å². The van der Waals surface area contributed by atoms with E-state index in [1.807, 2.05) is 16.8 Å². The molecule has 2 heterocycles. The number of aromatic nitrogens is 3. The summed E-state index contributed by atoms with van der Waals surface area (Å²) in [5, 5.41) is 14.8. The van der Waals surface area contributed by atoms with Gasteiger partial charge in [0, 0.05) is 19.6 Å². The number of ether oxygens (including phenoxy) is 3. The Morgan fingerprint density at radius 3 is 2.29 bits per heavy atom. The molecular formula is C20H28N4O4. The molecule has 0 bridgehead atoms. The molecule has 1 aromatic carbocycles. The Labute approximate surface area is 165 Å². The molecule has 1 aromatic heterocycles. The van der Waals surface area contributed by atoms with Gasteiger partial charge >= 0.3 is 0 Å². The summed E-state index contributed by atoms with van der Waals surface area (Å²) < 4.78 is 18.2. The first-order valence-electron chi connectivity index (χ1n) is 9.66. The quantitative estimate of drug-likeness (QED) is 0.807. The predicted octanol–water partition coefficient (Wildman–Crippen LogP) is 1.75. The third kappa shape index (κ3) is 3.54. The van der Waals surface area contributed by atoms with E-state index < -0.39 is 0 Å². The average Bonchev–Trinajstić information content (AvgIpc) is 3.35. The molecule has 1 saturated heterocycles. The van der Waals surface area contributed by atoms with Gasteiger partial charge in [0.1, 0.15) is 12.7 Å². The fourth-order valence-electron chi connectivity index (χ4n) is 4.79. The van der Waals surface area contributed by atoms with Crippen molar-refractivity contribution in [3.8, 4) is 17.2 Å². The minimum Gasteiger partial charge on any atom is -0.493 e. The molecule has 0 amide bonds. The van der Waals surface area contributed by atoms with Crippen LogP contribution in [0.4, 0.5) is 0 Å². The van der Waals surface area contributed by atoms with Crippen molar-refractivity contribution in [2.24, 2.45) is 11.8 Å². The van der Waals surface area contributed by atoms with E-state index in [1.54, 1.807) is 27.7 Å². The van der Waals surface area contributed by atoms with Gasteiger partial charge in [-0.3, -0.25) is 4.90 Å². The highest BCUT2D eigenvalue weighted by molar-refractivity contribution is 5.53. The minimum atomic E-state index is -0.371. The lowest BCUT2D eigenvalue weighted by Gasteiger charge is -2.35. The molecule has 0 spiro atoms. The first-order chi connectivity index (χ1) is 13.6. The normalized spacial score (nSPS) is 27.4. The number of likely N-dealkylation sites (tertiary alicyclic amines) is 1. The van der Waals surface area contributed by atoms with Crippen molar-refractivity contribution in [3.63, 3.8) is 0 Å². The summed E-state index contributed by atoms with van der Waals surface area (Å²) in [5.74, 6) is 3.03. The molecule has 1 N–H and O–H groups in total. The number of methoxy groups -OCH3 is 3. The zero-order chi connectivity index (χ0) is 19.7. The van der Waals surface area contributed by atoms with Crippen LogP contribution in [0.5, 0.6) is 17.2 Å². The first kappa shape index (κ1) is 19.0. The van der Waals surface area contributed by atoms with E-state index >= 15 is 0 Å². The highest BCUT2D eigenvalue weighted by atomic mass is 16.5. The van der Waals surface area contributed by atoms with Crippen LogP contribution in [0.25, 0.3) is 0 Å². The van der Waals surface area contributed by atoms with E-state index in [9.17, 15) is 5.11 Å². The lowest BCUT2D eigenvalue weighted by Crippen LogP contribution is -2.36. The van der Waals surface area contributed by atoms with E-state index in [4.69, 9.17) is 14.2 Å². The third-order valence-electron chi connectivity index (χ3n) is 6.09. The van der Waals surface area contributed by atoms with Crippen LogP contribution < -0.4 is 14.2 Å². The van der Waals surface area contributed by atoms with Gasteiger partial charge < -0.3 is 19.3 Å². The van der Waals surface area contributed by atoms with Crippen LogP contribution in [-0.2, 0) is 6.54 Å². The number of benzene rings is 1. The number of aliphatic hydroxyl groups excluding tert-OH is 1. The van der Waals surface area contributed by atoms with Gasteiger partial charge in [0.25, 0.3) is 0 Å². The van der Waals surface area contributed by atoms with E-state index in [1.165, 1.54) is 6.33 Å². The molecule has 1 saturated carbocycles. The Hall–Kier alpha value is -2.32. The number of rotatable bonds is 6. The summed E-state index contributed by atoms with van der Waals surface area (Å²) >= 11 is 0. The molecule has 1 aliphatic heterocycles. The molecule has 4 rings (SSSR count). The summed E-state index contributed by atoms with van der Waals surface area (Å²) in [6.45, 7) is 2.81. The van der Waals surface area contributed by atoms with Crippen molar-refractivity contribution in [2.75, 3.05) is 34.4 Å². The average molecular weight is 388 g/mol. The van der Waals surface area contributed by atoms with Crippen LogP contribution in [0.2, 0.25) is 0 Å². The van der Waals surface area contributed by atoms with Crippen LogP contribution >= 0.6 is 0 Å². The van der Waals surface area contributed by atoms with Crippen molar-refractivity contribution < 1.29 is 19.3 Å². The molecule has 4 atom stereocenters. The second kappa shape index (κ2) is 7.97. The lowest BCUT2D eigenvalue weighted by molar-refractivity contribution is 0.0304. The lowest BCUT2D eigenvalue weighted by atomic mass is 9.77. The topological polar surface area (TPSA) is 81.9 Å². The fourth-order valence-corrected chi connectivity index (χ4v) is 4.79. The Kier molecular flexibility index (Phi) is 5.41. The highest BCUT2D eigenvalue weighted by Gasteiger charge is 2.42. The monoisotopic (exact) mass is 388 g/mol. The first-order valence-corrected chi connectivity index (χ1v) is 9.66. The van der Waals surface area contributed by atoms with Gasteiger partial charge in [0.05, 0.1) is 33.5 Å². The Morgan fingerprint density at radius 1 is 1.04 bits per heavy atom. The SMILES string of the molecule is COc1cc(CN2C[C@H]3C[C@@H](n4cncn4)[C@H](O)C[C@H]3C2)cc(OC)c1OC. The second-order valence-corrected chi connectivity index (χ2v) is 7.73. The predicted molar refractivity (Wildman–Crippen MR) is 103 cm³/mol. The summed E-state index contributed by atoms with van der Waals surface area (Å²) in [5.41, 5.74) is 1.13. The van der Waals surface area contributed by atoms with Gasteiger partial charge in [-0.15, -0.1) is 0 Å². The second-order valence-electron chi connectivity index (χ2n) is 7.73. The standard InChI is InChI=1S/C20H28N4O4/c1-26-18-4-13(5-19(27-2)20(18)28-3)8-23-9-14-6-16(24-12-21-11-22-24)17(25)7-15(14)10-23/h4-5,11-12,14-17,25H,6-10H2,1-3H3/t14-,15+,16-,17-/m1/s1. The van der Waals surface area contributed by atoms with Gasteiger partial charge in [-0.05, 0) is 42.4 Å². The maximum Gasteiger partial charge on any atom is 0.203 e. The van der Waals surface area contributed by atoms with Crippen molar-refractivity contribution in [2.45, 2.75) is 31.5 Å². The van der Waals surface area contributed by atoms with Crippen LogP contribution in [0, 0.1) is 11.8 Å². The van der Waals surface area contributed by atoms with Gasteiger partial charge in [-0.25, -0.2) is 9.67 Å². The van der Waals surface area contributed by atoms with Crippen LogP contribution in [-0.4, -0.2) is 65.3 Å². The molecule has 8 heteroatoms. The number of hydrogen-bond acceptors (Lipinski definition) is 7. The highest BCUT2D eigenvalue weighted by Crippen LogP contribution is 2.42. The summed E-state index contributed by atoms with van der Waals surface area (Å²) in [6.07, 6.45) is 4.60. The zero-order valence-electron chi connectivity index (χ0n) is 16.6. The van der Waals surface area contributed by atoms with Crippen molar-refractivity contribution in [1.29, 1.82) is 0 Å². The number of hydrogen-bond donors (Lipinski definition) is 1. The molecule has 1 aliphatic carbocycles. The Bertz CT molecular complexity index is 773. The van der Waals surface area contributed by atoms with Gasteiger partial charge in [0.2, 0.25) is 5.75 Å². The van der Waals surface area contributed by atoms with Gasteiger partial charge in [-0.1, -0.05) is 0 Å².